The molecule has 0 radical (unpaired) electrons. The summed E-state index contributed by atoms with van der Waals surface area (Å²) in [6, 6.07) is 25.6. The van der Waals surface area contributed by atoms with E-state index in [1.807, 2.05) is 62.4 Å². The molecule has 1 aromatic heterocycles. The molecule has 1 heterocycles. The van der Waals surface area contributed by atoms with Crippen molar-refractivity contribution in [3.05, 3.63) is 107 Å². The minimum absolute atomic E-state index is 0.0590. The molecule has 0 aliphatic heterocycles. The smallest absolute Gasteiger partial charge is 0.262 e. The normalized spacial score (nSPS) is 10.6. The maximum atomic E-state index is 12.5. The second-order valence-electron chi connectivity index (χ2n) is 7.35. The van der Waals surface area contributed by atoms with Crippen LogP contribution in [0, 0.1) is 13.8 Å². The highest BCUT2D eigenvalue weighted by Gasteiger charge is 2.16. The van der Waals surface area contributed by atoms with Gasteiger partial charge in [0.15, 0.2) is 12.4 Å². The first-order valence-corrected chi connectivity index (χ1v) is 10.3. The Kier molecular flexibility index (Phi) is 6.12. The quantitative estimate of drug-likeness (QED) is 0.434. The molecule has 4 aromatic rings. The third-order valence-electron chi connectivity index (χ3n) is 5.08. The zero-order chi connectivity index (χ0) is 22.5. The summed E-state index contributed by atoms with van der Waals surface area (Å²) in [6.45, 7) is 3.61. The number of para-hydroxylation sites is 1. The lowest BCUT2D eigenvalue weighted by Gasteiger charge is -2.09. The highest BCUT2D eigenvalue weighted by atomic mass is 16.5. The number of nitrogens with zero attached hydrogens (tertiary/aromatic N) is 2. The predicted molar refractivity (Wildman–Crippen MR) is 123 cm³/mol. The van der Waals surface area contributed by atoms with Crippen LogP contribution in [0.4, 0.5) is 5.69 Å². The van der Waals surface area contributed by atoms with Crippen LogP contribution >= 0.6 is 0 Å². The van der Waals surface area contributed by atoms with Gasteiger partial charge >= 0.3 is 0 Å². The lowest BCUT2D eigenvalue weighted by molar-refractivity contribution is -0.118. The lowest BCUT2D eigenvalue weighted by atomic mass is 10.0. The summed E-state index contributed by atoms with van der Waals surface area (Å²) in [5.74, 6) is 0.169. The third-order valence-corrected chi connectivity index (χ3v) is 5.08. The Balaban J connectivity index is 1.38. The van der Waals surface area contributed by atoms with Gasteiger partial charge in [0.25, 0.3) is 5.91 Å². The number of carbonyl (C=O) groups is 2. The molecule has 160 valence electrons. The van der Waals surface area contributed by atoms with E-state index in [2.05, 4.69) is 10.4 Å². The number of anilines is 1. The van der Waals surface area contributed by atoms with Crippen molar-refractivity contribution in [2.75, 3.05) is 11.9 Å². The highest BCUT2D eigenvalue weighted by molar-refractivity contribution is 6.09. The molecule has 0 aliphatic rings. The van der Waals surface area contributed by atoms with Crippen LogP contribution in [0.3, 0.4) is 0 Å². The topological polar surface area (TPSA) is 73.2 Å². The summed E-state index contributed by atoms with van der Waals surface area (Å²) in [7, 11) is 0. The SMILES string of the molecule is Cc1nn(-c2ccccc2)c(C)c1NC(=O)COc1ccc(C(=O)c2ccccc2)cc1. The van der Waals surface area contributed by atoms with E-state index in [9.17, 15) is 9.59 Å². The van der Waals surface area contributed by atoms with Gasteiger partial charge in [-0.15, -0.1) is 0 Å². The summed E-state index contributed by atoms with van der Waals surface area (Å²) in [5.41, 5.74) is 4.35. The molecular formula is C26H23N3O3. The molecule has 6 heteroatoms. The van der Waals surface area contributed by atoms with E-state index in [1.54, 1.807) is 41.1 Å². The first-order chi connectivity index (χ1) is 15.5. The molecule has 0 atom stereocenters. The van der Waals surface area contributed by atoms with E-state index in [4.69, 9.17) is 4.74 Å². The Labute approximate surface area is 186 Å². The van der Waals surface area contributed by atoms with E-state index in [-0.39, 0.29) is 18.3 Å². The number of aromatic nitrogens is 2. The van der Waals surface area contributed by atoms with Crippen LogP contribution in [0.15, 0.2) is 84.9 Å². The fourth-order valence-electron chi connectivity index (χ4n) is 3.43. The molecule has 6 nitrogen and oxygen atoms in total. The van der Waals surface area contributed by atoms with Gasteiger partial charge in [-0.2, -0.15) is 5.10 Å². The molecular weight excluding hydrogens is 402 g/mol. The minimum Gasteiger partial charge on any atom is -0.484 e. The molecule has 4 rings (SSSR count). The molecule has 3 aromatic carbocycles. The zero-order valence-electron chi connectivity index (χ0n) is 17.9. The summed E-state index contributed by atoms with van der Waals surface area (Å²) in [5, 5.41) is 7.42. The van der Waals surface area contributed by atoms with Crippen molar-refractivity contribution in [3.63, 3.8) is 0 Å². The second kappa shape index (κ2) is 9.31. The van der Waals surface area contributed by atoms with Crippen molar-refractivity contribution in [1.82, 2.24) is 9.78 Å². The first kappa shape index (κ1) is 21.1. The molecule has 0 saturated heterocycles. The van der Waals surface area contributed by atoms with Crippen LogP contribution in [-0.4, -0.2) is 28.1 Å². The summed E-state index contributed by atoms with van der Waals surface area (Å²) >= 11 is 0. The van der Waals surface area contributed by atoms with Crippen molar-refractivity contribution >= 4 is 17.4 Å². The molecule has 0 saturated carbocycles. The van der Waals surface area contributed by atoms with E-state index < -0.39 is 0 Å². The molecule has 1 amide bonds. The van der Waals surface area contributed by atoms with Crippen LogP contribution in [0.25, 0.3) is 5.69 Å². The van der Waals surface area contributed by atoms with Gasteiger partial charge in [-0.3, -0.25) is 9.59 Å². The van der Waals surface area contributed by atoms with Crippen molar-refractivity contribution < 1.29 is 14.3 Å². The van der Waals surface area contributed by atoms with Gasteiger partial charge in [-0.1, -0.05) is 48.5 Å². The number of hydrogen-bond donors (Lipinski definition) is 1. The summed E-state index contributed by atoms with van der Waals surface area (Å²) < 4.78 is 7.40. The van der Waals surface area contributed by atoms with Crippen molar-refractivity contribution in [1.29, 1.82) is 0 Å². The van der Waals surface area contributed by atoms with E-state index in [0.717, 1.165) is 17.1 Å². The number of hydrogen-bond acceptors (Lipinski definition) is 4. The van der Waals surface area contributed by atoms with Crippen molar-refractivity contribution in [2.45, 2.75) is 13.8 Å². The van der Waals surface area contributed by atoms with Gasteiger partial charge in [0.05, 0.1) is 22.8 Å². The maximum absolute atomic E-state index is 12.5. The van der Waals surface area contributed by atoms with Gasteiger partial charge in [-0.05, 0) is 50.2 Å². The van der Waals surface area contributed by atoms with Crippen LogP contribution in [0.1, 0.15) is 27.3 Å². The molecule has 0 unspecified atom stereocenters. The third kappa shape index (κ3) is 4.59. The Morgan fingerprint density at radius 2 is 1.44 bits per heavy atom. The highest BCUT2D eigenvalue weighted by Crippen LogP contribution is 2.23. The zero-order valence-corrected chi connectivity index (χ0v) is 17.9. The average molecular weight is 425 g/mol. The molecule has 0 spiro atoms. The largest absolute Gasteiger partial charge is 0.484 e. The number of amides is 1. The summed E-state index contributed by atoms with van der Waals surface area (Å²) in [6.07, 6.45) is 0. The van der Waals surface area contributed by atoms with Crippen LogP contribution < -0.4 is 10.1 Å². The molecule has 0 bridgehead atoms. The fourth-order valence-corrected chi connectivity index (χ4v) is 3.43. The van der Waals surface area contributed by atoms with Crippen LogP contribution in [0.2, 0.25) is 0 Å². The number of aryl methyl sites for hydroxylation is 1. The molecule has 0 fully saturated rings. The Morgan fingerprint density at radius 1 is 0.844 bits per heavy atom. The number of benzene rings is 3. The Morgan fingerprint density at radius 3 is 2.09 bits per heavy atom. The Hall–Kier alpha value is -4.19. The van der Waals surface area contributed by atoms with Crippen molar-refractivity contribution in [2.24, 2.45) is 0 Å². The monoisotopic (exact) mass is 425 g/mol. The van der Waals surface area contributed by atoms with E-state index in [1.165, 1.54) is 0 Å². The van der Waals surface area contributed by atoms with Gasteiger partial charge in [-0.25, -0.2) is 4.68 Å². The number of ketones is 1. The van der Waals surface area contributed by atoms with Crippen LogP contribution in [0.5, 0.6) is 5.75 Å². The maximum Gasteiger partial charge on any atom is 0.262 e. The van der Waals surface area contributed by atoms with Gasteiger partial charge in [0, 0.05) is 11.1 Å². The number of rotatable bonds is 7. The summed E-state index contributed by atoms with van der Waals surface area (Å²) in [4.78, 5) is 25.0. The molecule has 32 heavy (non-hydrogen) atoms. The lowest BCUT2D eigenvalue weighted by Crippen LogP contribution is -2.21. The molecule has 0 aliphatic carbocycles. The standard InChI is InChI=1S/C26H23N3O3/c1-18-25(19(2)29(28-18)22-11-7-4-8-12-22)27-24(30)17-32-23-15-13-21(14-16-23)26(31)20-9-5-3-6-10-20/h3-16H,17H2,1-2H3,(H,27,30). The second-order valence-corrected chi connectivity index (χ2v) is 7.35. The predicted octanol–water partition coefficient (Wildman–Crippen LogP) is 4.74. The Bertz CT molecular complexity index is 1230. The number of carbonyl (C=O) groups excluding carboxylic acids is 2. The van der Waals surface area contributed by atoms with Gasteiger partial charge < -0.3 is 10.1 Å². The van der Waals surface area contributed by atoms with Gasteiger partial charge in [0.2, 0.25) is 0 Å². The van der Waals surface area contributed by atoms with E-state index in [0.29, 0.717) is 22.6 Å². The number of ether oxygens (including phenoxy) is 1. The molecule has 1 N–H and O–H groups in total. The fraction of sp³-hybridized carbons (Fsp3) is 0.115. The average Bonchev–Trinajstić information content (AvgIpc) is 3.12. The van der Waals surface area contributed by atoms with Gasteiger partial charge in [0.1, 0.15) is 5.75 Å². The van der Waals surface area contributed by atoms with Crippen molar-refractivity contribution in [3.8, 4) is 11.4 Å². The number of nitrogens with one attached hydrogen (secondary N) is 1. The minimum atomic E-state index is -0.284. The van der Waals surface area contributed by atoms with E-state index >= 15 is 0 Å². The first-order valence-electron chi connectivity index (χ1n) is 10.3. The van der Waals surface area contributed by atoms with Crippen LogP contribution in [-0.2, 0) is 4.79 Å².